The minimum Gasteiger partial charge on any atom is -0.497 e. The summed E-state index contributed by atoms with van der Waals surface area (Å²) < 4.78 is 33.6. The van der Waals surface area contributed by atoms with Crippen LogP contribution in [0, 0.1) is 0 Å². The Labute approximate surface area is 187 Å². The van der Waals surface area contributed by atoms with Gasteiger partial charge in [-0.05, 0) is 35.4 Å². The zero-order valence-electron chi connectivity index (χ0n) is 17.8. The van der Waals surface area contributed by atoms with E-state index in [9.17, 15) is 13.2 Å². The molecule has 0 atom stereocenters. The second kappa shape index (κ2) is 10.2. The van der Waals surface area contributed by atoms with Crippen LogP contribution in [0.25, 0.3) is 0 Å². The van der Waals surface area contributed by atoms with E-state index in [0.29, 0.717) is 23.7 Å². The van der Waals surface area contributed by atoms with Gasteiger partial charge in [-0.25, -0.2) is 18.4 Å². The molecule has 0 saturated carbocycles. The van der Waals surface area contributed by atoms with Crippen molar-refractivity contribution in [2.45, 2.75) is 18.0 Å². The summed E-state index contributed by atoms with van der Waals surface area (Å²) in [6.45, 7) is 0.603. The van der Waals surface area contributed by atoms with Crippen LogP contribution in [0.15, 0.2) is 77.7 Å². The van der Waals surface area contributed by atoms with Crippen molar-refractivity contribution in [3.05, 3.63) is 83.9 Å². The smallest absolute Gasteiger partial charge is 0.322 e. The molecular formula is C23H25N3O5S. The van der Waals surface area contributed by atoms with Crippen LogP contribution in [-0.4, -0.2) is 33.6 Å². The van der Waals surface area contributed by atoms with E-state index in [0.717, 1.165) is 11.1 Å². The Bertz CT molecular complexity index is 1170. The Balaban J connectivity index is 1.84. The van der Waals surface area contributed by atoms with E-state index >= 15 is 0 Å². The number of nitrogens with two attached hydrogens (primary N) is 1. The van der Waals surface area contributed by atoms with Crippen LogP contribution in [0.3, 0.4) is 0 Å². The lowest BCUT2D eigenvalue weighted by atomic mass is 10.1. The van der Waals surface area contributed by atoms with E-state index in [4.69, 9.17) is 14.6 Å². The largest absolute Gasteiger partial charge is 0.497 e. The zero-order valence-corrected chi connectivity index (χ0v) is 18.6. The van der Waals surface area contributed by atoms with Crippen molar-refractivity contribution >= 4 is 21.7 Å². The number of methoxy groups -OCH3 is 2. The first-order valence-corrected chi connectivity index (χ1v) is 11.3. The number of rotatable bonds is 8. The molecule has 0 aliphatic carbocycles. The summed E-state index contributed by atoms with van der Waals surface area (Å²) >= 11 is 0. The molecule has 0 bridgehead atoms. The molecule has 0 unspecified atom stereocenters. The molecule has 3 N–H and O–H groups in total. The number of primary sulfonamides is 1. The Kier molecular flexibility index (Phi) is 7.34. The summed E-state index contributed by atoms with van der Waals surface area (Å²) in [6, 6.07) is 20.5. The van der Waals surface area contributed by atoms with Crippen LogP contribution < -0.4 is 19.9 Å². The summed E-state index contributed by atoms with van der Waals surface area (Å²) in [5.41, 5.74) is 2.21. The molecule has 9 heteroatoms. The summed E-state index contributed by atoms with van der Waals surface area (Å²) in [5, 5.41) is 8.05. The molecule has 3 aromatic rings. The second-order valence-electron chi connectivity index (χ2n) is 7.03. The van der Waals surface area contributed by atoms with Crippen molar-refractivity contribution in [2.24, 2.45) is 5.14 Å². The first-order valence-electron chi connectivity index (χ1n) is 9.74. The predicted octanol–water partition coefficient (Wildman–Crippen LogP) is 3.59. The van der Waals surface area contributed by atoms with Crippen molar-refractivity contribution < 1.29 is 22.7 Å². The number of sulfonamides is 1. The number of nitrogens with zero attached hydrogens (tertiary/aromatic N) is 1. The van der Waals surface area contributed by atoms with Gasteiger partial charge in [-0.3, -0.25) is 0 Å². The minimum atomic E-state index is -3.78. The van der Waals surface area contributed by atoms with Gasteiger partial charge >= 0.3 is 6.03 Å². The van der Waals surface area contributed by atoms with Crippen molar-refractivity contribution in [3.63, 3.8) is 0 Å². The lowest BCUT2D eigenvalue weighted by Gasteiger charge is -2.24. The van der Waals surface area contributed by atoms with Crippen molar-refractivity contribution in [1.29, 1.82) is 0 Å². The van der Waals surface area contributed by atoms with Gasteiger partial charge in [0, 0.05) is 19.2 Å². The third-order valence-corrected chi connectivity index (χ3v) is 5.71. The number of benzene rings is 3. The number of urea groups is 1. The van der Waals surface area contributed by atoms with Gasteiger partial charge in [-0.15, -0.1) is 0 Å². The first kappa shape index (κ1) is 23.1. The zero-order chi connectivity index (χ0) is 23.1. The van der Waals surface area contributed by atoms with E-state index in [1.165, 1.54) is 19.2 Å². The molecule has 3 rings (SSSR count). The van der Waals surface area contributed by atoms with E-state index in [1.807, 2.05) is 30.3 Å². The first-order chi connectivity index (χ1) is 15.3. The van der Waals surface area contributed by atoms with Crippen LogP contribution in [0.2, 0.25) is 0 Å². The average Bonchev–Trinajstić information content (AvgIpc) is 2.79. The molecule has 8 nitrogen and oxygen atoms in total. The van der Waals surface area contributed by atoms with Crippen LogP contribution in [0.5, 0.6) is 11.5 Å². The SMILES string of the molecule is COc1ccc(NC(=O)N(Cc2ccccc2)Cc2ccc(S(N)(=O)=O)cc2)c(OC)c1. The van der Waals surface area contributed by atoms with Crippen LogP contribution in [-0.2, 0) is 23.1 Å². The maximum Gasteiger partial charge on any atom is 0.322 e. The van der Waals surface area contributed by atoms with Gasteiger partial charge in [0.25, 0.3) is 0 Å². The number of hydrogen-bond donors (Lipinski definition) is 2. The fourth-order valence-electron chi connectivity index (χ4n) is 3.10. The number of carbonyl (C=O) groups excluding carboxylic acids is 1. The van der Waals surface area contributed by atoms with Crippen molar-refractivity contribution in [2.75, 3.05) is 19.5 Å². The number of anilines is 1. The number of ether oxygens (including phenoxy) is 2. The van der Waals surface area contributed by atoms with Crippen LogP contribution in [0.4, 0.5) is 10.5 Å². The maximum absolute atomic E-state index is 13.2. The number of hydrogen-bond acceptors (Lipinski definition) is 5. The summed E-state index contributed by atoms with van der Waals surface area (Å²) in [4.78, 5) is 14.8. The fraction of sp³-hybridized carbons (Fsp3) is 0.174. The molecule has 0 radical (unpaired) electrons. The topological polar surface area (TPSA) is 111 Å². The molecule has 0 saturated heterocycles. The molecule has 168 valence electrons. The van der Waals surface area contributed by atoms with Gasteiger partial charge in [0.1, 0.15) is 11.5 Å². The quantitative estimate of drug-likeness (QED) is 0.539. The highest BCUT2D eigenvalue weighted by Crippen LogP contribution is 2.29. The van der Waals surface area contributed by atoms with Gasteiger partial charge < -0.3 is 19.7 Å². The standard InChI is InChI=1S/C23H25N3O5S/c1-30-19-10-13-21(22(14-19)31-2)25-23(27)26(15-17-6-4-3-5-7-17)16-18-8-11-20(12-9-18)32(24,28)29/h3-14H,15-16H2,1-2H3,(H,25,27)(H2,24,28,29). The minimum absolute atomic E-state index is 0.0169. The molecular weight excluding hydrogens is 430 g/mol. The van der Waals surface area contributed by atoms with E-state index in [1.54, 1.807) is 42.3 Å². The summed E-state index contributed by atoms with van der Waals surface area (Å²) in [5.74, 6) is 1.07. The lowest BCUT2D eigenvalue weighted by molar-refractivity contribution is 0.206. The van der Waals surface area contributed by atoms with Gasteiger partial charge in [0.15, 0.2) is 0 Å². The maximum atomic E-state index is 13.2. The molecule has 2 amide bonds. The lowest BCUT2D eigenvalue weighted by Crippen LogP contribution is -2.34. The molecule has 32 heavy (non-hydrogen) atoms. The van der Waals surface area contributed by atoms with Gasteiger partial charge in [0.05, 0.1) is 24.8 Å². The monoisotopic (exact) mass is 455 g/mol. The Morgan fingerprint density at radius 1 is 0.906 bits per heavy atom. The van der Waals surface area contributed by atoms with Gasteiger partial charge in [-0.2, -0.15) is 0 Å². The van der Waals surface area contributed by atoms with Crippen LogP contribution >= 0.6 is 0 Å². The normalized spacial score (nSPS) is 11.0. The Morgan fingerprint density at radius 2 is 1.53 bits per heavy atom. The predicted molar refractivity (Wildman–Crippen MR) is 122 cm³/mol. The van der Waals surface area contributed by atoms with Gasteiger partial charge in [-0.1, -0.05) is 42.5 Å². The highest BCUT2D eigenvalue weighted by Gasteiger charge is 2.18. The molecule has 0 aliphatic heterocycles. The number of nitrogens with one attached hydrogen (secondary N) is 1. The molecule has 0 spiro atoms. The molecule has 3 aromatic carbocycles. The van der Waals surface area contributed by atoms with Crippen molar-refractivity contribution in [3.8, 4) is 11.5 Å². The van der Waals surface area contributed by atoms with Crippen molar-refractivity contribution in [1.82, 2.24) is 4.90 Å². The highest BCUT2D eigenvalue weighted by atomic mass is 32.2. The number of amides is 2. The summed E-state index contributed by atoms with van der Waals surface area (Å²) in [7, 11) is -0.720. The molecule has 0 heterocycles. The molecule has 0 aromatic heterocycles. The average molecular weight is 456 g/mol. The molecule has 0 fully saturated rings. The van der Waals surface area contributed by atoms with E-state index < -0.39 is 10.0 Å². The van der Waals surface area contributed by atoms with E-state index in [-0.39, 0.29) is 17.5 Å². The number of carbonyl (C=O) groups is 1. The molecule has 0 aliphatic rings. The third kappa shape index (κ3) is 5.99. The summed E-state index contributed by atoms with van der Waals surface area (Å²) in [6.07, 6.45) is 0. The fourth-order valence-corrected chi connectivity index (χ4v) is 3.62. The second-order valence-corrected chi connectivity index (χ2v) is 8.59. The highest BCUT2D eigenvalue weighted by molar-refractivity contribution is 7.89. The van der Waals surface area contributed by atoms with E-state index in [2.05, 4.69) is 5.32 Å². The Hall–Kier alpha value is -3.56. The Morgan fingerprint density at radius 3 is 2.09 bits per heavy atom. The third-order valence-electron chi connectivity index (χ3n) is 4.78. The van der Waals surface area contributed by atoms with Crippen LogP contribution in [0.1, 0.15) is 11.1 Å². The van der Waals surface area contributed by atoms with Gasteiger partial charge in [0.2, 0.25) is 10.0 Å².